The Kier molecular flexibility index (Phi) is 4.42. The molecule has 0 aliphatic carbocycles. The van der Waals surface area contributed by atoms with Crippen molar-refractivity contribution in [3.8, 4) is 11.5 Å². The molecule has 3 heterocycles. The molecular weight excluding hydrogens is 318 g/mol. The first-order valence-corrected chi connectivity index (χ1v) is 8.84. The van der Waals surface area contributed by atoms with Gasteiger partial charge in [-0.05, 0) is 44.5 Å². The van der Waals surface area contributed by atoms with E-state index in [0.29, 0.717) is 11.6 Å². The van der Waals surface area contributed by atoms with Gasteiger partial charge in [0.25, 0.3) is 0 Å². The minimum atomic E-state index is -0.227. The second-order valence-corrected chi connectivity index (χ2v) is 6.58. The molecule has 0 bridgehead atoms. The summed E-state index contributed by atoms with van der Waals surface area (Å²) < 4.78 is 7.66. The van der Waals surface area contributed by atoms with Gasteiger partial charge < -0.3 is 20.7 Å². The maximum atomic E-state index is 12.5. The minimum absolute atomic E-state index is 0.167. The predicted molar refractivity (Wildman–Crippen MR) is 96.7 cm³/mol. The van der Waals surface area contributed by atoms with Crippen LogP contribution in [0.2, 0.25) is 0 Å². The van der Waals surface area contributed by atoms with Gasteiger partial charge in [0.1, 0.15) is 0 Å². The highest BCUT2D eigenvalue weighted by Gasteiger charge is 2.24. The van der Waals surface area contributed by atoms with Gasteiger partial charge in [-0.2, -0.15) is 4.98 Å². The molecule has 0 amide bonds. The number of hydrogen-bond acceptors (Lipinski definition) is 6. The van der Waals surface area contributed by atoms with Crippen molar-refractivity contribution in [2.75, 3.05) is 31.5 Å². The zero-order valence-electron chi connectivity index (χ0n) is 14.1. The molecule has 2 aromatic rings. The van der Waals surface area contributed by atoms with E-state index in [2.05, 4.69) is 15.2 Å². The van der Waals surface area contributed by atoms with E-state index < -0.39 is 0 Å². The van der Waals surface area contributed by atoms with Crippen molar-refractivity contribution < 1.29 is 4.74 Å². The quantitative estimate of drug-likeness (QED) is 0.756. The number of para-hydroxylation sites is 2. The lowest BCUT2D eigenvalue weighted by molar-refractivity contribution is 0.182. The molecule has 0 unspecified atom stereocenters. The molecule has 2 aliphatic rings. The first-order chi connectivity index (χ1) is 12.2. The highest BCUT2D eigenvalue weighted by Crippen LogP contribution is 2.40. The van der Waals surface area contributed by atoms with Gasteiger partial charge in [-0.25, -0.2) is 4.79 Å². The summed E-state index contributed by atoms with van der Waals surface area (Å²) in [4.78, 5) is 19.1. The number of rotatable bonds is 4. The topological polar surface area (TPSA) is 85.4 Å². The van der Waals surface area contributed by atoms with Crippen LogP contribution in [-0.4, -0.2) is 40.6 Å². The second kappa shape index (κ2) is 6.85. The van der Waals surface area contributed by atoms with Crippen LogP contribution in [0.4, 0.5) is 11.5 Å². The summed E-state index contributed by atoms with van der Waals surface area (Å²) in [6.07, 6.45) is 4.70. The molecule has 25 heavy (non-hydrogen) atoms. The lowest BCUT2D eigenvalue weighted by Crippen LogP contribution is -2.39. The van der Waals surface area contributed by atoms with Gasteiger partial charge in [0, 0.05) is 19.1 Å². The summed E-state index contributed by atoms with van der Waals surface area (Å²) >= 11 is 0. The van der Waals surface area contributed by atoms with Crippen LogP contribution in [0.5, 0.6) is 11.5 Å². The van der Waals surface area contributed by atoms with Crippen LogP contribution < -0.4 is 21.5 Å². The van der Waals surface area contributed by atoms with Gasteiger partial charge >= 0.3 is 5.69 Å². The maximum Gasteiger partial charge on any atom is 0.350 e. The zero-order valence-corrected chi connectivity index (χ0v) is 14.1. The van der Waals surface area contributed by atoms with E-state index in [-0.39, 0.29) is 11.7 Å². The van der Waals surface area contributed by atoms with Gasteiger partial charge in [-0.15, -0.1) is 0 Å². The molecule has 2 aliphatic heterocycles. The largest absolute Gasteiger partial charge is 0.450 e. The molecule has 0 spiro atoms. The van der Waals surface area contributed by atoms with Crippen molar-refractivity contribution in [1.82, 2.24) is 14.5 Å². The third kappa shape index (κ3) is 3.25. The van der Waals surface area contributed by atoms with Crippen LogP contribution in [0.3, 0.4) is 0 Å². The number of nitrogens with two attached hydrogens (primary N) is 1. The first kappa shape index (κ1) is 16.1. The number of anilines is 2. The van der Waals surface area contributed by atoms with Crippen molar-refractivity contribution in [3.05, 3.63) is 40.9 Å². The molecule has 0 radical (unpaired) electrons. The zero-order chi connectivity index (χ0) is 17.2. The number of fused-ring (bicyclic) bond motifs is 2. The van der Waals surface area contributed by atoms with Crippen molar-refractivity contribution in [2.45, 2.75) is 25.3 Å². The number of hydrogen-bond donors (Lipinski definition) is 2. The lowest BCUT2D eigenvalue weighted by Gasteiger charge is -2.33. The van der Waals surface area contributed by atoms with E-state index in [0.717, 1.165) is 56.9 Å². The number of piperidine rings is 1. The van der Waals surface area contributed by atoms with E-state index in [1.807, 2.05) is 24.3 Å². The Morgan fingerprint density at radius 1 is 1.24 bits per heavy atom. The Morgan fingerprint density at radius 3 is 2.84 bits per heavy atom. The van der Waals surface area contributed by atoms with Gasteiger partial charge in [0.05, 0.1) is 11.9 Å². The Balaban J connectivity index is 1.52. The maximum absolute atomic E-state index is 12.5. The molecule has 1 saturated heterocycles. The highest BCUT2D eigenvalue weighted by molar-refractivity contribution is 5.72. The van der Waals surface area contributed by atoms with Crippen LogP contribution in [0.15, 0.2) is 35.3 Å². The summed E-state index contributed by atoms with van der Waals surface area (Å²) in [5.74, 6) is 1.84. The number of aromatic nitrogens is 2. The number of nitrogens with zero attached hydrogens (tertiary/aromatic N) is 3. The van der Waals surface area contributed by atoms with Crippen LogP contribution in [0, 0.1) is 0 Å². The molecule has 7 nitrogen and oxygen atoms in total. The van der Waals surface area contributed by atoms with Crippen molar-refractivity contribution in [1.29, 1.82) is 0 Å². The normalized spacial score (nSPS) is 17.3. The Hall–Kier alpha value is -2.38. The summed E-state index contributed by atoms with van der Waals surface area (Å²) in [6.45, 7) is 3.72. The summed E-state index contributed by atoms with van der Waals surface area (Å²) in [5, 5.41) is 3.17. The van der Waals surface area contributed by atoms with Crippen molar-refractivity contribution >= 4 is 11.5 Å². The van der Waals surface area contributed by atoms with Crippen molar-refractivity contribution in [3.63, 3.8) is 0 Å². The number of ether oxygens (including phenoxy) is 1. The van der Waals surface area contributed by atoms with Crippen molar-refractivity contribution in [2.24, 2.45) is 5.73 Å². The average molecular weight is 341 g/mol. The predicted octanol–water partition coefficient (Wildman–Crippen LogP) is 2.08. The summed E-state index contributed by atoms with van der Waals surface area (Å²) in [5.41, 5.74) is 6.18. The van der Waals surface area contributed by atoms with Gasteiger partial charge in [0.15, 0.2) is 17.3 Å². The van der Waals surface area contributed by atoms with E-state index in [9.17, 15) is 4.79 Å². The molecule has 3 N–H and O–H groups in total. The highest BCUT2D eigenvalue weighted by atomic mass is 16.5. The van der Waals surface area contributed by atoms with Crippen LogP contribution in [-0.2, 0) is 0 Å². The number of benzene rings is 1. The summed E-state index contributed by atoms with van der Waals surface area (Å²) in [6, 6.07) is 7.81. The summed E-state index contributed by atoms with van der Waals surface area (Å²) in [7, 11) is 0. The van der Waals surface area contributed by atoms with Crippen LogP contribution in [0.1, 0.15) is 25.3 Å². The molecule has 132 valence electrons. The fourth-order valence-corrected chi connectivity index (χ4v) is 3.52. The van der Waals surface area contributed by atoms with E-state index >= 15 is 0 Å². The van der Waals surface area contributed by atoms with E-state index in [1.54, 1.807) is 10.8 Å². The van der Waals surface area contributed by atoms with Crippen LogP contribution >= 0.6 is 0 Å². The Bertz CT molecular complexity index is 811. The molecule has 1 aromatic heterocycles. The Morgan fingerprint density at radius 2 is 2.04 bits per heavy atom. The molecule has 1 fully saturated rings. The third-order valence-electron chi connectivity index (χ3n) is 4.91. The monoisotopic (exact) mass is 341 g/mol. The van der Waals surface area contributed by atoms with Crippen LogP contribution in [0.25, 0.3) is 0 Å². The fourth-order valence-electron chi connectivity index (χ4n) is 3.52. The molecular formula is C18H23N5O2. The third-order valence-corrected chi connectivity index (χ3v) is 4.91. The van der Waals surface area contributed by atoms with E-state index in [1.165, 1.54) is 0 Å². The number of likely N-dealkylation sites (tertiary alicyclic amines) is 1. The van der Waals surface area contributed by atoms with Gasteiger partial charge in [0.2, 0.25) is 0 Å². The molecule has 0 saturated carbocycles. The number of nitrogens with one attached hydrogen (secondary N) is 1. The average Bonchev–Trinajstić information content (AvgIpc) is 2.65. The standard InChI is InChI=1S/C18H23N5O2/c19-8-3-9-22-10-6-13(7-11-22)23-12-16-17(21-18(23)24)20-14-4-1-2-5-15(14)25-16/h1-2,4-5,12-13H,3,6-11,19H2,(H,20,21,24). The molecule has 4 rings (SSSR count). The van der Waals surface area contributed by atoms with E-state index in [4.69, 9.17) is 10.5 Å². The first-order valence-electron chi connectivity index (χ1n) is 8.84. The Labute approximate surface area is 146 Å². The lowest BCUT2D eigenvalue weighted by atomic mass is 10.0. The SMILES string of the molecule is NCCCN1CCC(n2cc3c(nc2=O)Nc2ccccc2O3)CC1. The second-order valence-electron chi connectivity index (χ2n) is 6.58. The molecule has 1 aromatic carbocycles. The van der Waals surface area contributed by atoms with Gasteiger partial charge in [-0.1, -0.05) is 12.1 Å². The fraction of sp³-hybridized carbons (Fsp3) is 0.444. The molecule has 7 heteroatoms. The minimum Gasteiger partial charge on any atom is -0.450 e. The molecule has 0 atom stereocenters. The van der Waals surface area contributed by atoms with Gasteiger partial charge in [-0.3, -0.25) is 4.57 Å². The smallest absolute Gasteiger partial charge is 0.350 e.